The molecule has 13 heteroatoms. The van der Waals surface area contributed by atoms with Gasteiger partial charge in [-0.3, -0.25) is 29.8 Å². The van der Waals surface area contributed by atoms with Crippen LogP contribution in [0.4, 0.5) is 22.7 Å². The number of unbranched alkanes of at least 4 members (excludes halogenated alkanes) is 1. The van der Waals surface area contributed by atoms with Crippen molar-refractivity contribution in [2.24, 2.45) is 11.5 Å². The number of rotatable bonds is 14. The highest BCUT2D eigenvalue weighted by atomic mass is 16.6. The quantitative estimate of drug-likeness (QED) is 0.125. The van der Waals surface area contributed by atoms with Crippen molar-refractivity contribution in [3.8, 4) is 5.75 Å². The molecule has 0 radical (unpaired) electrons. The first-order chi connectivity index (χ1) is 17.5. The van der Waals surface area contributed by atoms with Crippen molar-refractivity contribution in [2.75, 3.05) is 30.3 Å². The topological polar surface area (TPSA) is 206 Å². The number of primary amides is 2. The Balaban J connectivity index is 2.26. The molecule has 2 rings (SSSR count). The van der Waals surface area contributed by atoms with Gasteiger partial charge >= 0.3 is 0 Å². The molecule has 0 aromatic heterocycles. The zero-order valence-corrected chi connectivity index (χ0v) is 20.8. The SMILES string of the molecule is CCCCOc1cc(C(N)=O)cc([N+](=O)[O-])c1NC/C(C)=C(\C)CNc1ccc(C(N)=O)cc1[N+](=O)[O-]. The number of carbonyl (C=O) groups is 2. The molecule has 0 aliphatic rings. The molecular weight excluding hydrogens is 484 g/mol. The Morgan fingerprint density at radius 3 is 2.00 bits per heavy atom. The van der Waals surface area contributed by atoms with Gasteiger partial charge in [-0.15, -0.1) is 0 Å². The molecule has 13 nitrogen and oxygen atoms in total. The number of hydrogen-bond acceptors (Lipinski definition) is 9. The molecule has 0 saturated heterocycles. The first kappa shape index (κ1) is 28.6. The second kappa shape index (κ2) is 12.9. The molecule has 0 fully saturated rings. The minimum atomic E-state index is -0.814. The first-order valence-corrected chi connectivity index (χ1v) is 11.4. The smallest absolute Gasteiger partial charge is 0.296 e. The van der Waals surface area contributed by atoms with E-state index in [-0.39, 0.29) is 52.7 Å². The molecule has 37 heavy (non-hydrogen) atoms. The lowest BCUT2D eigenvalue weighted by Crippen LogP contribution is -2.15. The fourth-order valence-corrected chi connectivity index (χ4v) is 3.24. The largest absolute Gasteiger partial charge is 0.491 e. The lowest BCUT2D eigenvalue weighted by molar-refractivity contribution is -0.384. The number of hydrogen-bond donors (Lipinski definition) is 4. The summed E-state index contributed by atoms with van der Waals surface area (Å²) in [5.74, 6) is -1.44. The number of nitrogens with one attached hydrogen (secondary N) is 2. The summed E-state index contributed by atoms with van der Waals surface area (Å²) in [4.78, 5) is 44.9. The molecule has 2 aromatic rings. The maximum absolute atomic E-state index is 11.7. The molecule has 0 spiro atoms. The number of amides is 2. The lowest BCUT2D eigenvalue weighted by Gasteiger charge is -2.16. The van der Waals surface area contributed by atoms with E-state index in [2.05, 4.69) is 10.6 Å². The highest BCUT2D eigenvalue weighted by Gasteiger charge is 2.23. The highest BCUT2D eigenvalue weighted by molar-refractivity contribution is 5.96. The number of carbonyl (C=O) groups excluding carboxylic acids is 2. The Kier molecular flexibility index (Phi) is 9.92. The average molecular weight is 515 g/mol. The van der Waals surface area contributed by atoms with Crippen LogP contribution in [0.2, 0.25) is 0 Å². The van der Waals surface area contributed by atoms with Crippen molar-refractivity contribution in [1.29, 1.82) is 0 Å². The third-order valence-corrected chi connectivity index (χ3v) is 5.60. The van der Waals surface area contributed by atoms with Crippen LogP contribution in [0.5, 0.6) is 5.75 Å². The van der Waals surface area contributed by atoms with E-state index in [1.165, 1.54) is 18.2 Å². The van der Waals surface area contributed by atoms with Crippen LogP contribution in [0.25, 0.3) is 0 Å². The van der Waals surface area contributed by atoms with Crippen molar-refractivity contribution in [2.45, 2.75) is 33.6 Å². The Morgan fingerprint density at radius 1 is 0.892 bits per heavy atom. The van der Waals surface area contributed by atoms with Gasteiger partial charge in [0.1, 0.15) is 11.4 Å². The number of nitro benzene ring substituents is 2. The molecule has 2 amide bonds. The van der Waals surface area contributed by atoms with Crippen LogP contribution < -0.4 is 26.8 Å². The van der Waals surface area contributed by atoms with Crippen LogP contribution in [0.1, 0.15) is 54.3 Å². The van der Waals surface area contributed by atoms with Crippen LogP contribution >= 0.6 is 0 Å². The molecule has 6 N–H and O–H groups in total. The standard InChI is InChI=1S/C24H30N6O7/c1-4-5-8-37-21-11-17(24(26)32)10-20(30(35)36)22(21)28-13-15(3)14(2)12-27-18-7-6-16(23(25)31)9-19(18)29(33)34/h6-7,9-11,27-28H,4-5,8,12-13H2,1-3H3,(H2,25,31)(H2,26,32)/b15-14+. The normalized spacial score (nSPS) is 11.3. The molecule has 0 aliphatic heterocycles. The van der Waals surface area contributed by atoms with Gasteiger partial charge in [-0.1, -0.05) is 24.5 Å². The van der Waals surface area contributed by atoms with Crippen LogP contribution in [0.3, 0.4) is 0 Å². The minimum Gasteiger partial charge on any atom is -0.491 e. The summed E-state index contributed by atoms with van der Waals surface area (Å²) in [6, 6.07) is 6.37. The molecule has 0 bridgehead atoms. The molecule has 0 atom stereocenters. The van der Waals surface area contributed by atoms with E-state index >= 15 is 0 Å². The minimum absolute atomic E-state index is 0.0193. The summed E-state index contributed by atoms with van der Waals surface area (Å²) in [6.45, 7) is 6.29. The Bertz CT molecular complexity index is 1240. The van der Waals surface area contributed by atoms with E-state index in [0.29, 0.717) is 13.0 Å². The number of anilines is 2. The zero-order valence-electron chi connectivity index (χ0n) is 20.8. The lowest BCUT2D eigenvalue weighted by atomic mass is 10.1. The zero-order chi connectivity index (χ0) is 27.7. The van der Waals surface area contributed by atoms with E-state index in [1.54, 1.807) is 13.8 Å². The van der Waals surface area contributed by atoms with E-state index < -0.39 is 21.7 Å². The van der Waals surface area contributed by atoms with Gasteiger partial charge in [0.05, 0.1) is 16.5 Å². The summed E-state index contributed by atoms with van der Waals surface area (Å²) in [7, 11) is 0. The van der Waals surface area contributed by atoms with E-state index in [0.717, 1.165) is 29.7 Å². The average Bonchev–Trinajstić information content (AvgIpc) is 2.85. The summed E-state index contributed by atoms with van der Waals surface area (Å²) in [5, 5.41) is 29.1. The van der Waals surface area contributed by atoms with Crippen LogP contribution in [0, 0.1) is 20.2 Å². The molecule has 0 heterocycles. The second-order valence-electron chi connectivity index (χ2n) is 8.31. The summed E-state index contributed by atoms with van der Waals surface area (Å²) in [5.41, 5.74) is 11.8. The van der Waals surface area contributed by atoms with Crippen molar-refractivity contribution in [1.82, 2.24) is 0 Å². The summed E-state index contributed by atoms with van der Waals surface area (Å²) < 4.78 is 5.72. The maximum Gasteiger partial charge on any atom is 0.296 e. The molecule has 198 valence electrons. The van der Waals surface area contributed by atoms with E-state index in [4.69, 9.17) is 16.2 Å². The van der Waals surface area contributed by atoms with Crippen molar-refractivity contribution in [3.63, 3.8) is 0 Å². The van der Waals surface area contributed by atoms with Gasteiger partial charge in [-0.05, 0) is 38.5 Å². The highest BCUT2D eigenvalue weighted by Crippen LogP contribution is 2.36. The Morgan fingerprint density at radius 2 is 1.46 bits per heavy atom. The van der Waals surface area contributed by atoms with Gasteiger partial charge < -0.3 is 26.8 Å². The Labute approximate surface area is 213 Å². The van der Waals surface area contributed by atoms with Gasteiger partial charge in [-0.25, -0.2) is 0 Å². The molecule has 0 unspecified atom stereocenters. The van der Waals surface area contributed by atoms with Gasteiger partial charge in [0.15, 0.2) is 5.69 Å². The number of nitro groups is 2. The predicted octanol–water partition coefficient (Wildman–Crippen LogP) is 3.74. The van der Waals surface area contributed by atoms with Gasteiger partial charge in [-0.2, -0.15) is 0 Å². The monoisotopic (exact) mass is 514 g/mol. The van der Waals surface area contributed by atoms with Gasteiger partial charge in [0.25, 0.3) is 11.4 Å². The summed E-state index contributed by atoms with van der Waals surface area (Å²) >= 11 is 0. The molecule has 0 aliphatic carbocycles. The summed E-state index contributed by atoms with van der Waals surface area (Å²) in [6.07, 6.45) is 1.56. The molecule has 2 aromatic carbocycles. The van der Waals surface area contributed by atoms with Crippen LogP contribution in [-0.2, 0) is 0 Å². The fourth-order valence-electron chi connectivity index (χ4n) is 3.24. The van der Waals surface area contributed by atoms with Gasteiger partial charge in [0.2, 0.25) is 11.8 Å². The van der Waals surface area contributed by atoms with Crippen molar-refractivity contribution < 1.29 is 24.2 Å². The van der Waals surface area contributed by atoms with Crippen molar-refractivity contribution >= 4 is 34.6 Å². The third kappa shape index (κ3) is 7.65. The van der Waals surface area contributed by atoms with Crippen LogP contribution in [0.15, 0.2) is 41.5 Å². The third-order valence-electron chi connectivity index (χ3n) is 5.60. The number of benzene rings is 2. The van der Waals surface area contributed by atoms with Crippen molar-refractivity contribution in [3.05, 3.63) is 72.8 Å². The van der Waals surface area contributed by atoms with Crippen LogP contribution in [-0.4, -0.2) is 41.4 Å². The molecule has 0 saturated carbocycles. The predicted molar refractivity (Wildman–Crippen MR) is 139 cm³/mol. The number of nitrogens with zero attached hydrogens (tertiary/aromatic N) is 2. The van der Waals surface area contributed by atoms with E-state index in [9.17, 15) is 29.8 Å². The van der Waals surface area contributed by atoms with E-state index in [1.807, 2.05) is 6.92 Å². The second-order valence-corrected chi connectivity index (χ2v) is 8.31. The Hall–Kier alpha value is -4.68. The van der Waals surface area contributed by atoms with Gasteiger partial charge in [0, 0.05) is 36.3 Å². The number of nitrogens with two attached hydrogens (primary N) is 2. The maximum atomic E-state index is 11.7. The fraction of sp³-hybridized carbons (Fsp3) is 0.333. The number of ether oxygens (including phenoxy) is 1. The molecular formula is C24H30N6O7. The first-order valence-electron chi connectivity index (χ1n) is 11.4.